The smallest absolute Gasteiger partial charge is 0.313 e. The van der Waals surface area contributed by atoms with E-state index in [0.29, 0.717) is 6.42 Å². The lowest BCUT2D eigenvalue weighted by Gasteiger charge is -2.36. The van der Waals surface area contributed by atoms with Crippen molar-refractivity contribution in [3.63, 3.8) is 0 Å². The van der Waals surface area contributed by atoms with Crippen molar-refractivity contribution in [3.05, 3.63) is 0 Å². The fourth-order valence-corrected chi connectivity index (χ4v) is 3.81. The maximum atomic E-state index is 11.5. The van der Waals surface area contributed by atoms with Crippen LogP contribution in [0.2, 0.25) is 0 Å². The average molecular weight is 355 g/mol. The summed E-state index contributed by atoms with van der Waals surface area (Å²) >= 11 is 0. The summed E-state index contributed by atoms with van der Waals surface area (Å²) in [4.78, 5) is 11.5. The molecule has 0 aromatic rings. The fourth-order valence-electron chi connectivity index (χ4n) is 3.81. The van der Waals surface area contributed by atoms with Gasteiger partial charge in [0.2, 0.25) is 0 Å². The molecule has 1 rings (SSSR count). The van der Waals surface area contributed by atoms with Gasteiger partial charge >= 0.3 is 5.97 Å². The van der Waals surface area contributed by atoms with Gasteiger partial charge in [-0.15, -0.1) is 0 Å². The van der Waals surface area contributed by atoms with Crippen LogP contribution in [-0.4, -0.2) is 23.3 Å². The standard InChI is InChI=1S/C22H42O3/c1-3-4-5-6-7-8-9-10-11-12-13-14-15-16-17-20-21(18-19(2)23)25-22(20)24/h19-21,23H,3-18H2,1-2H3. The molecule has 1 aliphatic rings. The second kappa shape index (κ2) is 14.6. The van der Waals surface area contributed by atoms with E-state index in [0.717, 1.165) is 12.8 Å². The number of hydrogen-bond donors (Lipinski definition) is 1. The number of unbranched alkanes of at least 4 members (excludes halogenated alkanes) is 13. The summed E-state index contributed by atoms with van der Waals surface area (Å²) in [5.74, 6) is -0.00716. The zero-order valence-electron chi connectivity index (χ0n) is 16.8. The van der Waals surface area contributed by atoms with E-state index in [1.807, 2.05) is 0 Å². The van der Waals surface area contributed by atoms with Crippen LogP contribution in [-0.2, 0) is 9.53 Å². The summed E-state index contributed by atoms with van der Waals surface area (Å²) in [6.45, 7) is 4.03. The van der Waals surface area contributed by atoms with Gasteiger partial charge in [-0.3, -0.25) is 4.79 Å². The van der Waals surface area contributed by atoms with E-state index in [1.165, 1.54) is 83.5 Å². The van der Waals surface area contributed by atoms with E-state index in [-0.39, 0.29) is 24.1 Å². The van der Waals surface area contributed by atoms with Crippen molar-refractivity contribution >= 4 is 5.97 Å². The Kier molecular flexibility index (Phi) is 13.1. The van der Waals surface area contributed by atoms with E-state index in [1.54, 1.807) is 6.92 Å². The number of rotatable bonds is 17. The Hall–Kier alpha value is -0.570. The topological polar surface area (TPSA) is 46.5 Å². The lowest BCUT2D eigenvalue weighted by molar-refractivity contribution is -0.188. The molecule has 1 fully saturated rings. The van der Waals surface area contributed by atoms with Crippen LogP contribution >= 0.6 is 0 Å². The zero-order chi connectivity index (χ0) is 18.3. The molecule has 0 aromatic heterocycles. The van der Waals surface area contributed by atoms with Gasteiger partial charge in [-0.05, 0) is 13.3 Å². The molecule has 0 aliphatic carbocycles. The highest BCUT2D eigenvalue weighted by molar-refractivity contribution is 5.78. The number of carbonyl (C=O) groups excluding carboxylic acids is 1. The van der Waals surface area contributed by atoms with E-state index in [4.69, 9.17) is 4.74 Å². The van der Waals surface area contributed by atoms with Crippen molar-refractivity contribution in [2.75, 3.05) is 0 Å². The summed E-state index contributed by atoms with van der Waals surface area (Å²) in [6.07, 6.45) is 20.1. The van der Waals surface area contributed by atoms with Gasteiger partial charge < -0.3 is 9.84 Å². The average Bonchev–Trinajstić information content (AvgIpc) is 2.57. The molecule has 148 valence electrons. The summed E-state index contributed by atoms with van der Waals surface area (Å²) in [5, 5.41) is 9.39. The molecule has 3 heteroatoms. The van der Waals surface area contributed by atoms with E-state index >= 15 is 0 Å². The van der Waals surface area contributed by atoms with Crippen LogP contribution in [0.1, 0.15) is 117 Å². The minimum absolute atomic E-state index is 0.0329. The monoisotopic (exact) mass is 354 g/mol. The maximum absolute atomic E-state index is 11.5. The lowest BCUT2D eigenvalue weighted by atomic mass is 9.87. The Bertz CT molecular complexity index is 327. The first-order valence-corrected chi connectivity index (χ1v) is 11.0. The first-order valence-electron chi connectivity index (χ1n) is 11.0. The highest BCUT2D eigenvalue weighted by Crippen LogP contribution is 2.31. The maximum Gasteiger partial charge on any atom is 0.313 e. The summed E-state index contributed by atoms with van der Waals surface area (Å²) < 4.78 is 5.13. The molecule has 3 atom stereocenters. The predicted molar refractivity (Wildman–Crippen MR) is 105 cm³/mol. The summed E-state index contributed by atoms with van der Waals surface area (Å²) in [6, 6.07) is 0. The quantitative estimate of drug-likeness (QED) is 0.251. The third-order valence-corrected chi connectivity index (χ3v) is 5.46. The minimum atomic E-state index is -0.378. The van der Waals surface area contributed by atoms with Crippen molar-refractivity contribution in [2.45, 2.75) is 129 Å². The molecule has 0 spiro atoms. The van der Waals surface area contributed by atoms with Gasteiger partial charge in [0.25, 0.3) is 0 Å². The van der Waals surface area contributed by atoms with E-state index < -0.39 is 0 Å². The predicted octanol–water partition coefficient (Wildman–Crippen LogP) is 6.17. The van der Waals surface area contributed by atoms with E-state index in [9.17, 15) is 9.90 Å². The molecule has 0 bridgehead atoms. The second-order valence-electron chi connectivity index (χ2n) is 8.05. The second-order valence-corrected chi connectivity index (χ2v) is 8.05. The van der Waals surface area contributed by atoms with Crippen molar-refractivity contribution in [3.8, 4) is 0 Å². The Labute approximate surface area is 155 Å². The third-order valence-electron chi connectivity index (χ3n) is 5.46. The molecule has 1 saturated heterocycles. The Morgan fingerprint density at radius 3 is 1.68 bits per heavy atom. The van der Waals surface area contributed by atoms with Gasteiger partial charge in [0.05, 0.1) is 12.0 Å². The molecule has 0 amide bonds. The molecule has 0 saturated carbocycles. The van der Waals surface area contributed by atoms with Crippen molar-refractivity contribution in [1.29, 1.82) is 0 Å². The molecule has 1 aliphatic heterocycles. The van der Waals surface area contributed by atoms with Crippen LogP contribution in [0.5, 0.6) is 0 Å². The number of esters is 1. The molecule has 0 aromatic carbocycles. The van der Waals surface area contributed by atoms with Gasteiger partial charge in [-0.2, -0.15) is 0 Å². The van der Waals surface area contributed by atoms with Gasteiger partial charge in [0, 0.05) is 6.42 Å². The minimum Gasteiger partial charge on any atom is -0.461 e. The SMILES string of the molecule is CCCCCCCCCCCCCCCCC1C(=O)OC1CC(C)O. The van der Waals surface area contributed by atoms with Gasteiger partial charge in [0.1, 0.15) is 6.10 Å². The van der Waals surface area contributed by atoms with Gasteiger partial charge in [0.15, 0.2) is 0 Å². The number of cyclic esters (lactones) is 1. The molecule has 25 heavy (non-hydrogen) atoms. The van der Waals surface area contributed by atoms with Crippen LogP contribution in [0.4, 0.5) is 0 Å². The number of ether oxygens (including phenoxy) is 1. The van der Waals surface area contributed by atoms with E-state index in [2.05, 4.69) is 6.92 Å². The summed E-state index contributed by atoms with van der Waals surface area (Å²) in [7, 11) is 0. The normalized spacial score (nSPS) is 21.0. The number of aliphatic hydroxyl groups excluding tert-OH is 1. The molecule has 0 radical (unpaired) electrons. The largest absolute Gasteiger partial charge is 0.461 e. The molecular weight excluding hydrogens is 312 g/mol. The Morgan fingerprint density at radius 1 is 0.840 bits per heavy atom. The van der Waals surface area contributed by atoms with Crippen molar-refractivity contribution in [2.24, 2.45) is 5.92 Å². The molecular formula is C22H42O3. The van der Waals surface area contributed by atoms with Crippen molar-refractivity contribution in [1.82, 2.24) is 0 Å². The highest BCUT2D eigenvalue weighted by atomic mass is 16.6. The first kappa shape index (κ1) is 22.5. The number of aliphatic hydroxyl groups is 1. The van der Waals surface area contributed by atoms with Crippen LogP contribution in [0.15, 0.2) is 0 Å². The molecule has 3 unspecified atom stereocenters. The number of hydrogen-bond acceptors (Lipinski definition) is 3. The fraction of sp³-hybridized carbons (Fsp3) is 0.955. The zero-order valence-corrected chi connectivity index (χ0v) is 16.8. The van der Waals surface area contributed by atoms with Crippen LogP contribution in [0.25, 0.3) is 0 Å². The first-order chi connectivity index (χ1) is 12.1. The molecule has 1 N–H and O–H groups in total. The van der Waals surface area contributed by atoms with Gasteiger partial charge in [-0.25, -0.2) is 0 Å². The third kappa shape index (κ3) is 10.9. The van der Waals surface area contributed by atoms with Crippen LogP contribution < -0.4 is 0 Å². The highest BCUT2D eigenvalue weighted by Gasteiger charge is 2.41. The van der Waals surface area contributed by atoms with Crippen LogP contribution in [0, 0.1) is 5.92 Å². The van der Waals surface area contributed by atoms with Crippen molar-refractivity contribution < 1.29 is 14.6 Å². The molecule has 3 nitrogen and oxygen atoms in total. The summed E-state index contributed by atoms with van der Waals surface area (Å²) in [5.41, 5.74) is 0. The Balaban J connectivity index is 1.81. The van der Waals surface area contributed by atoms with Crippen LogP contribution in [0.3, 0.4) is 0 Å². The lowest BCUT2D eigenvalue weighted by Crippen LogP contribution is -2.46. The number of carbonyl (C=O) groups is 1. The Morgan fingerprint density at radius 2 is 1.28 bits per heavy atom. The van der Waals surface area contributed by atoms with Gasteiger partial charge in [-0.1, -0.05) is 96.8 Å². The molecule has 1 heterocycles.